The topological polar surface area (TPSA) is 24.5 Å². The average Bonchev–Trinajstić information content (AvgIpc) is 3.08. The third-order valence-electron chi connectivity index (χ3n) is 4.39. The Morgan fingerprint density at radius 1 is 1.32 bits per heavy atom. The average molecular weight is 260 g/mol. The number of nitrogens with zero attached hydrogens (tertiary/aromatic N) is 1. The molecular weight excluding hydrogens is 236 g/mol. The van der Waals surface area contributed by atoms with Crippen molar-refractivity contribution in [1.82, 2.24) is 10.2 Å². The predicted molar refractivity (Wildman–Crippen MR) is 77.8 cm³/mol. The lowest BCUT2D eigenvalue weighted by Gasteiger charge is -2.24. The molecule has 0 aliphatic carbocycles. The molecule has 2 atom stereocenters. The molecule has 2 heterocycles. The molecule has 0 bridgehead atoms. The van der Waals surface area contributed by atoms with Gasteiger partial charge in [-0.15, -0.1) is 0 Å². The predicted octanol–water partition coefficient (Wildman–Crippen LogP) is 2.24. The van der Waals surface area contributed by atoms with E-state index in [1.807, 2.05) is 6.07 Å². The van der Waals surface area contributed by atoms with Crippen LogP contribution in [0.5, 0.6) is 5.75 Å². The molecule has 1 N–H and O–H groups in total. The van der Waals surface area contributed by atoms with Gasteiger partial charge >= 0.3 is 0 Å². The first-order chi connectivity index (χ1) is 9.34. The zero-order valence-corrected chi connectivity index (χ0v) is 11.8. The lowest BCUT2D eigenvalue weighted by molar-refractivity contribution is 0.248. The number of benzene rings is 1. The van der Waals surface area contributed by atoms with E-state index in [4.69, 9.17) is 4.74 Å². The Morgan fingerprint density at radius 2 is 2.11 bits per heavy atom. The third kappa shape index (κ3) is 2.93. The molecular formula is C16H24N2O. The highest BCUT2D eigenvalue weighted by atomic mass is 16.5. The number of nitrogens with one attached hydrogen (secondary N) is 1. The second-order valence-corrected chi connectivity index (χ2v) is 5.80. The number of ether oxygens (including phenoxy) is 1. The molecule has 2 aliphatic heterocycles. The lowest BCUT2D eigenvalue weighted by Crippen LogP contribution is -2.39. The van der Waals surface area contributed by atoms with Crippen molar-refractivity contribution >= 4 is 0 Å². The van der Waals surface area contributed by atoms with Gasteiger partial charge in [0.25, 0.3) is 0 Å². The number of hydrogen-bond donors (Lipinski definition) is 1. The van der Waals surface area contributed by atoms with Gasteiger partial charge in [0.05, 0.1) is 6.61 Å². The summed E-state index contributed by atoms with van der Waals surface area (Å²) in [5.41, 5.74) is 1.36. The van der Waals surface area contributed by atoms with Gasteiger partial charge in [0.15, 0.2) is 0 Å². The Labute approximate surface area is 115 Å². The molecule has 2 unspecified atom stereocenters. The van der Waals surface area contributed by atoms with E-state index in [9.17, 15) is 0 Å². The molecule has 2 aliphatic rings. The summed E-state index contributed by atoms with van der Waals surface area (Å²) in [5.74, 6) is 1.59. The summed E-state index contributed by atoms with van der Waals surface area (Å²) in [7, 11) is 0. The van der Waals surface area contributed by atoms with Crippen molar-refractivity contribution in [3.05, 3.63) is 29.8 Å². The van der Waals surface area contributed by atoms with Gasteiger partial charge in [0.1, 0.15) is 5.75 Å². The molecule has 0 aromatic heterocycles. The molecule has 0 spiro atoms. The zero-order chi connectivity index (χ0) is 13.1. The van der Waals surface area contributed by atoms with Crippen molar-refractivity contribution in [3.63, 3.8) is 0 Å². The van der Waals surface area contributed by atoms with E-state index in [-0.39, 0.29) is 0 Å². The van der Waals surface area contributed by atoms with Crippen molar-refractivity contribution in [2.45, 2.75) is 31.7 Å². The zero-order valence-electron chi connectivity index (χ0n) is 11.8. The number of para-hydroxylation sites is 1. The van der Waals surface area contributed by atoms with E-state index in [0.717, 1.165) is 25.4 Å². The Morgan fingerprint density at radius 3 is 2.95 bits per heavy atom. The second kappa shape index (κ2) is 5.93. The number of hydrogen-bond acceptors (Lipinski definition) is 3. The fourth-order valence-corrected chi connectivity index (χ4v) is 3.18. The van der Waals surface area contributed by atoms with Gasteiger partial charge in [-0.2, -0.15) is 0 Å². The standard InChI is InChI=1S/C16H24N2O/c1-13(18-8-4-5-9-18)10-17-11-14-12-19-16-7-3-2-6-15(14)16/h2-3,6-7,13-14,17H,4-5,8-12H2,1H3. The van der Waals surface area contributed by atoms with E-state index in [1.165, 1.54) is 31.5 Å². The van der Waals surface area contributed by atoms with E-state index in [1.54, 1.807) is 0 Å². The molecule has 19 heavy (non-hydrogen) atoms. The van der Waals surface area contributed by atoms with Crippen LogP contribution in [0.15, 0.2) is 24.3 Å². The van der Waals surface area contributed by atoms with Gasteiger partial charge in [-0.25, -0.2) is 0 Å². The SMILES string of the molecule is CC(CNCC1COc2ccccc21)N1CCCC1. The fourth-order valence-electron chi connectivity index (χ4n) is 3.18. The van der Waals surface area contributed by atoms with E-state index >= 15 is 0 Å². The highest BCUT2D eigenvalue weighted by Gasteiger charge is 2.24. The Hall–Kier alpha value is -1.06. The Bertz CT molecular complexity index is 415. The van der Waals surface area contributed by atoms with Crippen molar-refractivity contribution in [1.29, 1.82) is 0 Å². The maximum absolute atomic E-state index is 5.72. The van der Waals surface area contributed by atoms with Gasteiger partial charge < -0.3 is 10.1 Å². The first-order valence-corrected chi connectivity index (χ1v) is 7.51. The van der Waals surface area contributed by atoms with Crippen LogP contribution in [0.4, 0.5) is 0 Å². The van der Waals surface area contributed by atoms with Gasteiger partial charge in [-0.1, -0.05) is 18.2 Å². The van der Waals surface area contributed by atoms with Crippen molar-refractivity contribution in [2.24, 2.45) is 0 Å². The minimum absolute atomic E-state index is 0.516. The second-order valence-electron chi connectivity index (χ2n) is 5.80. The quantitative estimate of drug-likeness (QED) is 0.878. The third-order valence-corrected chi connectivity index (χ3v) is 4.39. The van der Waals surface area contributed by atoms with Crippen LogP contribution in [0.3, 0.4) is 0 Å². The van der Waals surface area contributed by atoms with Crippen molar-refractivity contribution < 1.29 is 4.74 Å². The minimum Gasteiger partial charge on any atom is -0.493 e. The number of rotatable bonds is 5. The summed E-state index contributed by atoms with van der Waals surface area (Å²) < 4.78 is 5.72. The van der Waals surface area contributed by atoms with Gasteiger partial charge in [-0.05, 0) is 38.9 Å². The van der Waals surface area contributed by atoms with Gasteiger partial charge in [-0.3, -0.25) is 4.90 Å². The molecule has 0 saturated carbocycles. The molecule has 3 rings (SSSR count). The molecule has 1 fully saturated rings. The number of likely N-dealkylation sites (tertiary alicyclic amines) is 1. The first-order valence-electron chi connectivity index (χ1n) is 7.51. The summed E-state index contributed by atoms with van der Waals surface area (Å²) in [6, 6.07) is 9.07. The largest absolute Gasteiger partial charge is 0.493 e. The lowest BCUT2D eigenvalue weighted by atomic mass is 10.0. The molecule has 3 nitrogen and oxygen atoms in total. The van der Waals surface area contributed by atoms with E-state index < -0.39 is 0 Å². The normalized spacial score (nSPS) is 24.2. The fraction of sp³-hybridized carbons (Fsp3) is 0.625. The monoisotopic (exact) mass is 260 g/mol. The highest BCUT2D eigenvalue weighted by molar-refractivity contribution is 5.39. The van der Waals surface area contributed by atoms with Crippen LogP contribution in [0.1, 0.15) is 31.2 Å². The van der Waals surface area contributed by atoms with Crippen LogP contribution in [0.25, 0.3) is 0 Å². The Balaban J connectivity index is 1.46. The molecule has 1 aromatic rings. The van der Waals surface area contributed by atoms with Crippen molar-refractivity contribution in [3.8, 4) is 5.75 Å². The summed E-state index contributed by atoms with van der Waals surface area (Å²) in [5, 5.41) is 3.62. The molecule has 104 valence electrons. The Kier molecular flexibility index (Phi) is 4.04. The first kappa shape index (κ1) is 12.9. The van der Waals surface area contributed by atoms with Crippen LogP contribution in [0, 0.1) is 0 Å². The molecule has 0 radical (unpaired) electrons. The molecule has 3 heteroatoms. The smallest absolute Gasteiger partial charge is 0.122 e. The molecule has 1 saturated heterocycles. The van der Waals surface area contributed by atoms with Crippen LogP contribution in [-0.4, -0.2) is 43.7 Å². The van der Waals surface area contributed by atoms with Crippen molar-refractivity contribution in [2.75, 3.05) is 32.8 Å². The van der Waals surface area contributed by atoms with Crippen LogP contribution in [-0.2, 0) is 0 Å². The summed E-state index contributed by atoms with van der Waals surface area (Å²) in [6.45, 7) is 7.81. The van der Waals surface area contributed by atoms with Crippen LogP contribution >= 0.6 is 0 Å². The van der Waals surface area contributed by atoms with Gasteiger partial charge in [0, 0.05) is 30.6 Å². The maximum atomic E-state index is 5.72. The summed E-state index contributed by atoms with van der Waals surface area (Å²) in [4.78, 5) is 2.59. The van der Waals surface area contributed by atoms with Crippen LogP contribution < -0.4 is 10.1 Å². The summed E-state index contributed by atoms with van der Waals surface area (Å²) >= 11 is 0. The van der Waals surface area contributed by atoms with Gasteiger partial charge in [0.2, 0.25) is 0 Å². The van der Waals surface area contributed by atoms with E-state index in [2.05, 4.69) is 35.3 Å². The summed E-state index contributed by atoms with van der Waals surface area (Å²) in [6.07, 6.45) is 2.74. The minimum atomic E-state index is 0.516. The maximum Gasteiger partial charge on any atom is 0.122 e. The van der Waals surface area contributed by atoms with Crippen LogP contribution in [0.2, 0.25) is 0 Å². The highest BCUT2D eigenvalue weighted by Crippen LogP contribution is 2.32. The molecule has 1 aromatic carbocycles. The number of fused-ring (bicyclic) bond motifs is 1. The molecule has 0 amide bonds. The van der Waals surface area contributed by atoms with E-state index in [0.29, 0.717) is 12.0 Å².